The molecule has 0 fully saturated rings. The van der Waals surface area contributed by atoms with Crippen LogP contribution in [0, 0.1) is 11.7 Å². The van der Waals surface area contributed by atoms with Gasteiger partial charge in [-0.25, -0.2) is 4.39 Å². The maximum Gasteiger partial charge on any atom is 0.123 e. The third kappa shape index (κ3) is 4.94. The Morgan fingerprint density at radius 1 is 1.29 bits per heavy atom. The van der Waals surface area contributed by atoms with Gasteiger partial charge in [0, 0.05) is 12.6 Å². The summed E-state index contributed by atoms with van der Waals surface area (Å²) in [5, 5.41) is 10.8. The van der Waals surface area contributed by atoms with Crippen molar-refractivity contribution in [3.63, 3.8) is 0 Å². The Hall–Kier alpha value is -1.19. The Kier molecular flexibility index (Phi) is 6.11. The first-order valence-corrected chi connectivity index (χ1v) is 7.39. The molecule has 0 radical (unpaired) electrons. The van der Waals surface area contributed by atoms with Crippen molar-refractivity contribution in [2.45, 2.75) is 39.7 Å². The molecule has 1 aromatic carbocycles. The van der Waals surface area contributed by atoms with Crippen LogP contribution in [-0.2, 0) is 0 Å². The molecular formula is C17H23ClFNO. The van der Waals surface area contributed by atoms with E-state index in [-0.39, 0.29) is 5.82 Å². The highest BCUT2D eigenvalue weighted by molar-refractivity contribution is 6.46. The van der Waals surface area contributed by atoms with E-state index in [2.05, 4.69) is 18.8 Å². The normalized spacial score (nSPS) is 14.4. The molecule has 2 nitrogen and oxygen atoms in total. The van der Waals surface area contributed by atoms with Crippen molar-refractivity contribution >= 4 is 17.3 Å². The van der Waals surface area contributed by atoms with Gasteiger partial charge in [-0.3, -0.25) is 4.99 Å². The summed E-state index contributed by atoms with van der Waals surface area (Å²) in [4.78, 5) is 4.22. The van der Waals surface area contributed by atoms with Crippen molar-refractivity contribution < 1.29 is 9.50 Å². The standard InChI is InChI=1S/C17H23ClFNO/c1-11(2)10-14(17(3,4)21)15(18)16(20-5)12-6-8-13(19)9-7-12/h6-9,11,21H,10H2,1-5H3/b15-14-,20-16?. The highest BCUT2D eigenvalue weighted by atomic mass is 35.5. The van der Waals surface area contributed by atoms with Crippen LogP contribution in [0.15, 0.2) is 39.9 Å². The highest BCUT2D eigenvalue weighted by Crippen LogP contribution is 2.30. The minimum Gasteiger partial charge on any atom is -0.386 e. The maximum atomic E-state index is 13.1. The van der Waals surface area contributed by atoms with Crippen LogP contribution < -0.4 is 0 Å². The van der Waals surface area contributed by atoms with Gasteiger partial charge in [0.25, 0.3) is 0 Å². The fourth-order valence-corrected chi connectivity index (χ4v) is 2.62. The molecular weight excluding hydrogens is 289 g/mol. The topological polar surface area (TPSA) is 32.6 Å². The molecule has 1 aromatic rings. The van der Waals surface area contributed by atoms with Crippen LogP contribution >= 0.6 is 11.6 Å². The van der Waals surface area contributed by atoms with Gasteiger partial charge >= 0.3 is 0 Å². The van der Waals surface area contributed by atoms with E-state index in [0.717, 1.165) is 11.1 Å². The van der Waals surface area contributed by atoms with Crippen LogP contribution in [0.25, 0.3) is 0 Å². The van der Waals surface area contributed by atoms with Gasteiger partial charge in [0.05, 0.1) is 16.3 Å². The number of hydrogen-bond donors (Lipinski definition) is 1. The largest absolute Gasteiger partial charge is 0.386 e. The third-order valence-electron chi connectivity index (χ3n) is 3.17. The Morgan fingerprint density at radius 3 is 2.19 bits per heavy atom. The SMILES string of the molecule is CN=C(/C(Cl)=C(\CC(C)C)C(C)(C)O)c1ccc(F)cc1. The fraction of sp³-hybridized carbons (Fsp3) is 0.471. The fourth-order valence-electron chi connectivity index (χ4n) is 2.12. The summed E-state index contributed by atoms with van der Waals surface area (Å²) in [7, 11) is 1.64. The van der Waals surface area contributed by atoms with E-state index in [0.29, 0.717) is 23.1 Å². The quantitative estimate of drug-likeness (QED) is 0.795. The van der Waals surface area contributed by atoms with Gasteiger partial charge in [0.1, 0.15) is 5.82 Å². The molecule has 0 aliphatic heterocycles. The first-order valence-electron chi connectivity index (χ1n) is 7.01. The second-order valence-corrected chi connectivity index (χ2v) is 6.41. The minimum absolute atomic E-state index is 0.306. The molecule has 4 heteroatoms. The molecule has 1 rings (SSSR count). The Morgan fingerprint density at radius 2 is 1.81 bits per heavy atom. The summed E-state index contributed by atoms with van der Waals surface area (Å²) in [5.41, 5.74) is 1.00. The van der Waals surface area contributed by atoms with E-state index in [1.807, 2.05) is 0 Å². The number of rotatable bonds is 5. The van der Waals surface area contributed by atoms with E-state index < -0.39 is 5.60 Å². The molecule has 0 aliphatic carbocycles. The van der Waals surface area contributed by atoms with Crippen LogP contribution in [0.3, 0.4) is 0 Å². The van der Waals surface area contributed by atoms with Crippen molar-refractivity contribution in [2.75, 3.05) is 7.05 Å². The number of nitrogens with zero attached hydrogens (tertiary/aromatic N) is 1. The van der Waals surface area contributed by atoms with Gasteiger partial charge in [-0.15, -0.1) is 0 Å². The molecule has 0 aliphatic rings. The predicted molar refractivity (Wildman–Crippen MR) is 87.5 cm³/mol. The number of aliphatic hydroxyl groups is 1. The number of aliphatic imine (C=N–C) groups is 1. The van der Waals surface area contributed by atoms with Crippen LogP contribution in [0.2, 0.25) is 0 Å². The maximum absolute atomic E-state index is 13.1. The second kappa shape index (κ2) is 7.19. The van der Waals surface area contributed by atoms with Crippen molar-refractivity contribution in [3.8, 4) is 0 Å². The van der Waals surface area contributed by atoms with E-state index in [9.17, 15) is 9.50 Å². The molecule has 0 bridgehead atoms. The van der Waals surface area contributed by atoms with E-state index in [4.69, 9.17) is 11.6 Å². The number of allylic oxidation sites excluding steroid dienone is 1. The average Bonchev–Trinajstić information content (AvgIpc) is 2.37. The molecule has 0 atom stereocenters. The Bertz CT molecular complexity index is 539. The van der Waals surface area contributed by atoms with Gasteiger partial charge < -0.3 is 5.11 Å². The van der Waals surface area contributed by atoms with E-state index in [1.165, 1.54) is 12.1 Å². The highest BCUT2D eigenvalue weighted by Gasteiger charge is 2.26. The zero-order chi connectivity index (χ0) is 16.2. The van der Waals surface area contributed by atoms with Gasteiger partial charge in [-0.05, 0) is 56.0 Å². The average molecular weight is 312 g/mol. The number of hydrogen-bond acceptors (Lipinski definition) is 2. The van der Waals surface area contributed by atoms with Crippen LogP contribution in [0.5, 0.6) is 0 Å². The van der Waals surface area contributed by atoms with Gasteiger partial charge in [0.2, 0.25) is 0 Å². The molecule has 0 spiro atoms. The molecule has 0 saturated heterocycles. The minimum atomic E-state index is -1.03. The van der Waals surface area contributed by atoms with Crippen molar-refractivity contribution in [1.82, 2.24) is 0 Å². The van der Waals surface area contributed by atoms with E-state index >= 15 is 0 Å². The molecule has 0 heterocycles. The van der Waals surface area contributed by atoms with Crippen LogP contribution in [0.4, 0.5) is 4.39 Å². The van der Waals surface area contributed by atoms with Gasteiger partial charge in [0.15, 0.2) is 0 Å². The zero-order valence-electron chi connectivity index (χ0n) is 13.2. The lowest BCUT2D eigenvalue weighted by molar-refractivity contribution is 0.113. The molecule has 0 unspecified atom stereocenters. The number of halogens is 2. The summed E-state index contributed by atoms with van der Waals surface area (Å²) in [6, 6.07) is 6.02. The summed E-state index contributed by atoms with van der Waals surface area (Å²) in [5.74, 6) is 0.0469. The predicted octanol–water partition coefficient (Wildman–Crippen LogP) is 4.55. The smallest absolute Gasteiger partial charge is 0.123 e. The molecule has 21 heavy (non-hydrogen) atoms. The lowest BCUT2D eigenvalue weighted by Gasteiger charge is -2.25. The van der Waals surface area contributed by atoms with Crippen LogP contribution in [0.1, 0.15) is 39.7 Å². The van der Waals surface area contributed by atoms with Crippen molar-refractivity contribution in [3.05, 3.63) is 46.3 Å². The molecule has 1 N–H and O–H groups in total. The lowest BCUT2D eigenvalue weighted by atomic mass is 9.88. The van der Waals surface area contributed by atoms with Crippen molar-refractivity contribution in [2.24, 2.45) is 10.9 Å². The number of benzene rings is 1. The zero-order valence-corrected chi connectivity index (χ0v) is 14.0. The molecule has 0 amide bonds. The first-order chi connectivity index (χ1) is 9.66. The summed E-state index contributed by atoms with van der Waals surface area (Å²) < 4.78 is 13.1. The van der Waals surface area contributed by atoms with Gasteiger partial charge in [-0.1, -0.05) is 25.4 Å². The van der Waals surface area contributed by atoms with Gasteiger partial charge in [-0.2, -0.15) is 0 Å². The second-order valence-electron chi connectivity index (χ2n) is 6.03. The third-order valence-corrected chi connectivity index (χ3v) is 3.57. The monoisotopic (exact) mass is 311 g/mol. The van der Waals surface area contributed by atoms with Crippen molar-refractivity contribution in [1.29, 1.82) is 0 Å². The Balaban J connectivity index is 3.35. The summed E-state index contributed by atoms with van der Waals surface area (Å²) in [6.07, 6.45) is 0.669. The van der Waals surface area contributed by atoms with E-state index in [1.54, 1.807) is 33.0 Å². The molecule has 0 saturated carbocycles. The summed E-state index contributed by atoms with van der Waals surface area (Å²) in [6.45, 7) is 7.56. The Labute approximate surface area is 131 Å². The first kappa shape index (κ1) is 17.9. The van der Waals surface area contributed by atoms with Crippen LogP contribution in [-0.4, -0.2) is 23.5 Å². The summed E-state index contributed by atoms with van der Waals surface area (Å²) >= 11 is 6.51. The molecule has 0 aromatic heterocycles. The molecule has 116 valence electrons. The lowest BCUT2D eigenvalue weighted by Crippen LogP contribution is -2.26.